The summed E-state index contributed by atoms with van der Waals surface area (Å²) >= 11 is 1.73. The molecule has 5 heteroatoms. The summed E-state index contributed by atoms with van der Waals surface area (Å²) in [6, 6.07) is 9.95. The predicted molar refractivity (Wildman–Crippen MR) is 98.7 cm³/mol. The van der Waals surface area contributed by atoms with Gasteiger partial charge in [0.05, 0.1) is 11.1 Å². The number of rotatable bonds is 2. The van der Waals surface area contributed by atoms with Gasteiger partial charge in [0.1, 0.15) is 4.83 Å². The van der Waals surface area contributed by atoms with Crippen LogP contribution in [0.4, 0.5) is 5.95 Å². The Morgan fingerprint density at radius 1 is 1.00 bits per heavy atom. The van der Waals surface area contributed by atoms with Gasteiger partial charge in [0.25, 0.3) is 5.56 Å². The zero-order valence-electron chi connectivity index (χ0n) is 13.5. The van der Waals surface area contributed by atoms with Crippen LogP contribution in [0.5, 0.6) is 0 Å². The van der Waals surface area contributed by atoms with Gasteiger partial charge in [0, 0.05) is 18.0 Å². The summed E-state index contributed by atoms with van der Waals surface area (Å²) in [7, 11) is 0. The molecule has 1 fully saturated rings. The van der Waals surface area contributed by atoms with Crippen molar-refractivity contribution in [3.63, 3.8) is 0 Å². The molecule has 0 amide bonds. The van der Waals surface area contributed by atoms with Crippen molar-refractivity contribution >= 4 is 27.5 Å². The topological polar surface area (TPSA) is 38.1 Å². The van der Waals surface area contributed by atoms with Gasteiger partial charge in [-0.3, -0.25) is 4.79 Å². The van der Waals surface area contributed by atoms with E-state index < -0.39 is 0 Å². The summed E-state index contributed by atoms with van der Waals surface area (Å²) in [5.41, 5.74) is 2.27. The number of hydrogen-bond acceptors (Lipinski definition) is 4. The van der Waals surface area contributed by atoms with E-state index in [9.17, 15) is 4.79 Å². The Morgan fingerprint density at radius 3 is 2.58 bits per heavy atom. The molecule has 1 aliphatic carbocycles. The van der Waals surface area contributed by atoms with Gasteiger partial charge in [-0.25, -0.2) is 9.55 Å². The first-order valence-electron chi connectivity index (χ1n) is 8.70. The highest BCUT2D eigenvalue weighted by molar-refractivity contribution is 7.18. The number of fused-ring (bicyclic) bond motifs is 3. The summed E-state index contributed by atoms with van der Waals surface area (Å²) in [5.74, 6) is 0.816. The van der Waals surface area contributed by atoms with Crippen LogP contribution in [0.1, 0.15) is 29.7 Å². The standard InChI is InChI=1S/C19H19N3OS/c23-18-16-14-9-6-10-15(14)24-17(16)20-19(21-11-4-5-12-21)22(18)13-7-2-1-3-8-13/h1-3,7-8H,4-6,9-12H2. The van der Waals surface area contributed by atoms with Crippen molar-refractivity contribution in [2.45, 2.75) is 32.1 Å². The summed E-state index contributed by atoms with van der Waals surface area (Å²) < 4.78 is 1.83. The maximum Gasteiger partial charge on any atom is 0.268 e. The second kappa shape index (κ2) is 5.45. The summed E-state index contributed by atoms with van der Waals surface area (Å²) in [5, 5.41) is 0.860. The molecule has 0 saturated carbocycles. The molecule has 122 valence electrons. The van der Waals surface area contributed by atoms with Gasteiger partial charge in [0.15, 0.2) is 0 Å². The SMILES string of the molecule is O=c1c2c3c(sc2nc(N2CCCC2)n1-c1ccccc1)CCC3. The van der Waals surface area contributed by atoms with Crippen LogP contribution < -0.4 is 10.5 Å². The second-order valence-corrected chi connectivity index (χ2v) is 7.70. The lowest BCUT2D eigenvalue weighted by atomic mass is 10.2. The second-order valence-electron chi connectivity index (χ2n) is 6.62. The van der Waals surface area contributed by atoms with Gasteiger partial charge in [-0.2, -0.15) is 0 Å². The van der Waals surface area contributed by atoms with Gasteiger partial charge in [-0.05, 0) is 49.8 Å². The van der Waals surface area contributed by atoms with Crippen LogP contribution in [0, 0.1) is 0 Å². The molecular formula is C19H19N3OS. The highest BCUT2D eigenvalue weighted by Gasteiger charge is 2.26. The number of thiophene rings is 1. The quantitative estimate of drug-likeness (QED) is 0.718. The number of benzene rings is 1. The maximum absolute atomic E-state index is 13.4. The van der Waals surface area contributed by atoms with Crippen molar-refractivity contribution in [3.8, 4) is 5.69 Å². The van der Waals surface area contributed by atoms with E-state index in [1.807, 2.05) is 34.9 Å². The highest BCUT2D eigenvalue weighted by Crippen LogP contribution is 2.36. The van der Waals surface area contributed by atoms with Crippen LogP contribution in [0.25, 0.3) is 15.9 Å². The molecule has 1 aliphatic heterocycles. The van der Waals surface area contributed by atoms with Gasteiger partial charge >= 0.3 is 0 Å². The van der Waals surface area contributed by atoms with Crippen molar-refractivity contribution in [2.24, 2.45) is 0 Å². The van der Waals surface area contributed by atoms with Crippen LogP contribution >= 0.6 is 11.3 Å². The molecule has 4 nitrogen and oxygen atoms in total. The van der Waals surface area contributed by atoms with E-state index in [2.05, 4.69) is 4.90 Å². The third kappa shape index (κ3) is 2.04. The average molecular weight is 337 g/mol. The molecule has 3 heterocycles. The molecule has 0 spiro atoms. The molecule has 5 rings (SSSR count). The molecule has 24 heavy (non-hydrogen) atoms. The van der Waals surface area contributed by atoms with E-state index in [-0.39, 0.29) is 5.56 Å². The average Bonchev–Trinajstić information content (AvgIpc) is 3.32. The first-order chi connectivity index (χ1) is 11.8. The van der Waals surface area contributed by atoms with Crippen LogP contribution in [0.3, 0.4) is 0 Å². The minimum Gasteiger partial charge on any atom is -0.342 e. The molecule has 0 N–H and O–H groups in total. The van der Waals surface area contributed by atoms with Crippen LogP contribution in [0.2, 0.25) is 0 Å². The Kier molecular flexibility index (Phi) is 3.23. The van der Waals surface area contributed by atoms with Gasteiger partial charge in [-0.1, -0.05) is 18.2 Å². The van der Waals surface area contributed by atoms with Crippen molar-refractivity contribution < 1.29 is 0 Å². The molecule has 0 atom stereocenters. The summed E-state index contributed by atoms with van der Waals surface area (Å²) in [6.45, 7) is 1.96. The molecule has 1 saturated heterocycles. The molecule has 2 aliphatic rings. The van der Waals surface area contributed by atoms with E-state index in [4.69, 9.17) is 4.98 Å². The Bertz CT molecular complexity index is 968. The zero-order valence-corrected chi connectivity index (χ0v) is 14.3. The lowest BCUT2D eigenvalue weighted by Gasteiger charge is -2.21. The molecule has 2 aromatic heterocycles. The third-order valence-electron chi connectivity index (χ3n) is 5.12. The Labute approximate surface area is 144 Å². The summed E-state index contributed by atoms with van der Waals surface area (Å²) in [4.78, 5) is 23.0. The third-order valence-corrected chi connectivity index (χ3v) is 6.31. The lowest BCUT2D eigenvalue weighted by Crippen LogP contribution is -2.30. The number of hydrogen-bond donors (Lipinski definition) is 0. The summed E-state index contributed by atoms with van der Waals surface area (Å²) in [6.07, 6.45) is 5.62. The minimum absolute atomic E-state index is 0.104. The van der Waals surface area contributed by atoms with Crippen molar-refractivity contribution in [1.82, 2.24) is 9.55 Å². The van der Waals surface area contributed by atoms with Crippen molar-refractivity contribution in [1.29, 1.82) is 0 Å². The van der Waals surface area contributed by atoms with Crippen molar-refractivity contribution in [3.05, 3.63) is 51.1 Å². The van der Waals surface area contributed by atoms with Crippen LogP contribution in [-0.2, 0) is 12.8 Å². The monoisotopic (exact) mass is 337 g/mol. The van der Waals surface area contributed by atoms with Gasteiger partial charge in [0.2, 0.25) is 5.95 Å². The molecule has 0 radical (unpaired) electrons. The molecular weight excluding hydrogens is 318 g/mol. The fraction of sp³-hybridized carbons (Fsp3) is 0.368. The van der Waals surface area contributed by atoms with Gasteiger partial charge in [-0.15, -0.1) is 11.3 Å². The molecule has 0 bridgehead atoms. The predicted octanol–water partition coefficient (Wildman–Crippen LogP) is 3.54. The van der Waals surface area contributed by atoms with Crippen LogP contribution in [-0.4, -0.2) is 22.6 Å². The molecule has 0 unspecified atom stereocenters. The maximum atomic E-state index is 13.4. The van der Waals surface area contributed by atoms with Gasteiger partial charge < -0.3 is 4.90 Å². The van der Waals surface area contributed by atoms with Crippen LogP contribution in [0.15, 0.2) is 35.1 Å². The first-order valence-corrected chi connectivity index (χ1v) is 9.52. The fourth-order valence-corrected chi connectivity index (χ4v) is 5.22. The first kappa shape index (κ1) is 14.2. The van der Waals surface area contributed by atoms with E-state index in [0.29, 0.717) is 0 Å². The zero-order chi connectivity index (χ0) is 16.1. The molecule has 1 aromatic carbocycles. The van der Waals surface area contributed by atoms with Crippen molar-refractivity contribution in [2.75, 3.05) is 18.0 Å². The van der Waals surface area contributed by atoms with E-state index in [1.54, 1.807) is 11.3 Å². The number of aryl methyl sites for hydroxylation is 2. The Hall–Kier alpha value is -2.14. The van der Waals surface area contributed by atoms with E-state index in [0.717, 1.165) is 54.2 Å². The normalized spacial score (nSPS) is 16.9. The smallest absolute Gasteiger partial charge is 0.268 e. The van der Waals surface area contributed by atoms with E-state index in [1.165, 1.54) is 23.3 Å². The minimum atomic E-state index is 0.104. The fourth-order valence-electron chi connectivity index (χ4n) is 3.97. The number of nitrogens with zero attached hydrogens (tertiary/aromatic N) is 3. The number of aromatic nitrogens is 2. The lowest BCUT2D eigenvalue weighted by molar-refractivity contribution is 0.840. The number of para-hydroxylation sites is 1. The number of anilines is 1. The largest absolute Gasteiger partial charge is 0.342 e. The molecule has 3 aromatic rings. The highest BCUT2D eigenvalue weighted by atomic mass is 32.1. The Balaban J connectivity index is 1.84. The van der Waals surface area contributed by atoms with E-state index >= 15 is 0 Å². The Morgan fingerprint density at radius 2 is 1.79 bits per heavy atom.